The molecule has 2 aliphatic rings. The number of aromatic nitrogens is 2. The Bertz CT molecular complexity index is 1050. The predicted molar refractivity (Wildman–Crippen MR) is 124 cm³/mol. The number of benzene rings is 2. The molecular weight excluding hydrogens is 386 g/mol. The number of para-hydroxylation sites is 1. The molecule has 2 aromatic carbocycles. The smallest absolute Gasteiger partial charge is 0.250 e. The summed E-state index contributed by atoms with van der Waals surface area (Å²) in [5.74, 6) is 1.76. The third-order valence-corrected chi connectivity index (χ3v) is 6.91. The van der Waals surface area contributed by atoms with Gasteiger partial charge in [0, 0.05) is 18.7 Å². The van der Waals surface area contributed by atoms with Crippen LogP contribution in [0.25, 0.3) is 22.4 Å². The lowest BCUT2D eigenvalue weighted by molar-refractivity contribution is 0.100. The molecule has 1 atom stereocenters. The minimum atomic E-state index is -0.453. The maximum Gasteiger partial charge on any atom is 0.250 e. The molecular formula is C25H31N5O. The van der Waals surface area contributed by atoms with Gasteiger partial charge in [-0.15, -0.1) is 0 Å². The molecule has 5 rings (SSSR count). The predicted octanol–water partition coefficient (Wildman–Crippen LogP) is 3.51. The number of H-pyrrole nitrogens is 1. The number of carbonyl (C=O) groups is 1. The number of nitrogens with one attached hydrogen (secondary N) is 2. The quantitative estimate of drug-likeness (QED) is 0.593. The maximum absolute atomic E-state index is 11.7. The van der Waals surface area contributed by atoms with Gasteiger partial charge in [0.15, 0.2) is 0 Å². The summed E-state index contributed by atoms with van der Waals surface area (Å²) < 4.78 is 0. The van der Waals surface area contributed by atoms with E-state index in [-0.39, 0.29) is 0 Å². The number of fused-ring (bicyclic) bond motifs is 1. The minimum absolute atomic E-state index is 0.452. The molecule has 0 radical (unpaired) electrons. The molecule has 2 aliphatic heterocycles. The van der Waals surface area contributed by atoms with E-state index in [0.717, 1.165) is 29.4 Å². The number of nitrogens with zero attached hydrogens (tertiary/aromatic N) is 2. The fourth-order valence-corrected chi connectivity index (χ4v) is 5.20. The number of imidazole rings is 1. The number of piperidine rings is 2. The second-order valence-corrected chi connectivity index (χ2v) is 9.07. The summed E-state index contributed by atoms with van der Waals surface area (Å²) in [4.78, 5) is 22.4. The van der Waals surface area contributed by atoms with E-state index < -0.39 is 5.91 Å². The molecule has 162 valence electrons. The Morgan fingerprint density at radius 2 is 1.90 bits per heavy atom. The highest BCUT2D eigenvalue weighted by Crippen LogP contribution is 2.30. The van der Waals surface area contributed by atoms with Crippen molar-refractivity contribution in [3.8, 4) is 11.4 Å². The van der Waals surface area contributed by atoms with Crippen molar-refractivity contribution in [1.82, 2.24) is 20.2 Å². The zero-order chi connectivity index (χ0) is 21.2. The molecule has 2 fully saturated rings. The summed E-state index contributed by atoms with van der Waals surface area (Å²) >= 11 is 0. The molecule has 3 aromatic rings. The van der Waals surface area contributed by atoms with Gasteiger partial charge in [0.25, 0.3) is 5.91 Å². The lowest BCUT2D eigenvalue weighted by atomic mass is 9.89. The Balaban J connectivity index is 1.30. The van der Waals surface area contributed by atoms with E-state index in [0.29, 0.717) is 17.0 Å². The number of hydrogen-bond acceptors (Lipinski definition) is 4. The van der Waals surface area contributed by atoms with Gasteiger partial charge in [-0.25, -0.2) is 4.98 Å². The average Bonchev–Trinajstić information content (AvgIpc) is 3.24. The van der Waals surface area contributed by atoms with Gasteiger partial charge in [0.05, 0.1) is 11.1 Å². The lowest BCUT2D eigenvalue weighted by Gasteiger charge is -2.36. The Kier molecular flexibility index (Phi) is 5.74. The molecule has 1 amide bonds. The molecule has 4 N–H and O–H groups in total. The summed E-state index contributed by atoms with van der Waals surface area (Å²) in [6, 6.07) is 14.2. The van der Waals surface area contributed by atoms with E-state index in [2.05, 4.69) is 44.5 Å². The van der Waals surface area contributed by atoms with Gasteiger partial charge < -0.3 is 20.9 Å². The number of likely N-dealkylation sites (tertiary alicyclic amines) is 1. The van der Waals surface area contributed by atoms with Crippen molar-refractivity contribution in [3.63, 3.8) is 0 Å². The molecule has 0 aliphatic carbocycles. The van der Waals surface area contributed by atoms with Crippen molar-refractivity contribution in [2.24, 2.45) is 11.7 Å². The van der Waals surface area contributed by atoms with E-state index in [9.17, 15) is 4.79 Å². The van der Waals surface area contributed by atoms with Crippen molar-refractivity contribution < 1.29 is 4.79 Å². The van der Waals surface area contributed by atoms with E-state index in [4.69, 9.17) is 5.73 Å². The number of nitrogens with two attached hydrogens (primary N) is 1. The standard InChI is InChI=1S/C25H31N5O/c26-24(31)21-4-1-5-22-23(21)29-25(28-22)19-8-6-18(7-9-19)20-3-2-14-30(16-20)15-17-10-12-27-13-11-17/h1,4-9,17,20,27H,2-3,10-16H2,(H2,26,31)(H,28,29). The van der Waals surface area contributed by atoms with Crippen molar-refractivity contribution in [2.45, 2.75) is 31.6 Å². The minimum Gasteiger partial charge on any atom is -0.366 e. The normalized spacial score (nSPS) is 20.8. The first kappa shape index (κ1) is 20.2. The topological polar surface area (TPSA) is 87.0 Å². The van der Waals surface area contributed by atoms with Crippen LogP contribution in [0, 0.1) is 5.92 Å². The Morgan fingerprint density at radius 3 is 2.68 bits per heavy atom. The first-order chi connectivity index (χ1) is 15.2. The van der Waals surface area contributed by atoms with Crippen LogP contribution in [0.3, 0.4) is 0 Å². The molecule has 0 saturated carbocycles. The van der Waals surface area contributed by atoms with E-state index >= 15 is 0 Å². The van der Waals surface area contributed by atoms with Crippen molar-refractivity contribution in [1.29, 1.82) is 0 Å². The zero-order valence-electron chi connectivity index (χ0n) is 17.9. The van der Waals surface area contributed by atoms with E-state index in [1.54, 1.807) is 6.07 Å². The monoisotopic (exact) mass is 417 g/mol. The highest BCUT2D eigenvalue weighted by molar-refractivity contribution is 6.04. The highest BCUT2D eigenvalue weighted by Gasteiger charge is 2.24. The first-order valence-corrected chi connectivity index (χ1v) is 11.5. The molecule has 6 heteroatoms. The van der Waals surface area contributed by atoms with Crippen molar-refractivity contribution in [2.75, 3.05) is 32.7 Å². The molecule has 6 nitrogen and oxygen atoms in total. The van der Waals surface area contributed by atoms with Gasteiger partial charge in [0.2, 0.25) is 0 Å². The van der Waals surface area contributed by atoms with Crippen LogP contribution in [-0.4, -0.2) is 53.5 Å². The fraction of sp³-hybridized carbons (Fsp3) is 0.440. The maximum atomic E-state index is 11.7. The largest absolute Gasteiger partial charge is 0.366 e. The number of rotatable bonds is 5. The summed E-state index contributed by atoms with van der Waals surface area (Å²) in [5.41, 5.74) is 9.85. The van der Waals surface area contributed by atoms with Crippen LogP contribution in [0.4, 0.5) is 0 Å². The second kappa shape index (κ2) is 8.81. The molecule has 31 heavy (non-hydrogen) atoms. The number of aromatic amines is 1. The number of amides is 1. The average molecular weight is 418 g/mol. The van der Waals surface area contributed by atoms with Crippen LogP contribution in [-0.2, 0) is 0 Å². The van der Waals surface area contributed by atoms with E-state index in [1.807, 2.05) is 12.1 Å². The second-order valence-electron chi connectivity index (χ2n) is 9.07. The Morgan fingerprint density at radius 1 is 1.10 bits per heavy atom. The Hall–Kier alpha value is -2.70. The van der Waals surface area contributed by atoms with Gasteiger partial charge in [0.1, 0.15) is 11.3 Å². The Labute approximate surface area is 183 Å². The van der Waals surface area contributed by atoms with Crippen LogP contribution in [0.2, 0.25) is 0 Å². The van der Waals surface area contributed by atoms with Gasteiger partial charge in [-0.3, -0.25) is 4.79 Å². The SMILES string of the molecule is NC(=O)c1cccc2[nH]c(-c3ccc(C4CCCN(CC5CCNCC5)C4)cc3)nc12. The van der Waals surface area contributed by atoms with Crippen LogP contribution in [0.1, 0.15) is 47.5 Å². The van der Waals surface area contributed by atoms with Crippen molar-refractivity contribution >= 4 is 16.9 Å². The van der Waals surface area contributed by atoms with Gasteiger partial charge >= 0.3 is 0 Å². The zero-order valence-corrected chi connectivity index (χ0v) is 17.9. The lowest BCUT2D eigenvalue weighted by Crippen LogP contribution is -2.40. The van der Waals surface area contributed by atoms with E-state index in [1.165, 1.54) is 57.4 Å². The number of carbonyl (C=O) groups excluding carboxylic acids is 1. The van der Waals surface area contributed by atoms with Crippen LogP contribution < -0.4 is 11.1 Å². The summed E-state index contributed by atoms with van der Waals surface area (Å²) in [7, 11) is 0. The molecule has 1 unspecified atom stereocenters. The van der Waals surface area contributed by atoms with Crippen LogP contribution >= 0.6 is 0 Å². The molecule has 2 saturated heterocycles. The van der Waals surface area contributed by atoms with Crippen molar-refractivity contribution in [3.05, 3.63) is 53.6 Å². The van der Waals surface area contributed by atoms with Crippen LogP contribution in [0.5, 0.6) is 0 Å². The number of hydrogen-bond donors (Lipinski definition) is 3. The number of primary amides is 1. The summed E-state index contributed by atoms with van der Waals surface area (Å²) in [6.45, 7) is 5.99. The highest BCUT2D eigenvalue weighted by atomic mass is 16.1. The molecule has 0 spiro atoms. The molecule has 1 aromatic heterocycles. The van der Waals surface area contributed by atoms with Gasteiger partial charge in [-0.2, -0.15) is 0 Å². The fourth-order valence-electron chi connectivity index (χ4n) is 5.20. The molecule has 3 heterocycles. The molecule has 0 bridgehead atoms. The first-order valence-electron chi connectivity index (χ1n) is 11.5. The van der Waals surface area contributed by atoms with Crippen LogP contribution in [0.15, 0.2) is 42.5 Å². The summed E-state index contributed by atoms with van der Waals surface area (Å²) in [6.07, 6.45) is 5.15. The third-order valence-electron chi connectivity index (χ3n) is 6.91. The van der Waals surface area contributed by atoms with Gasteiger partial charge in [-0.1, -0.05) is 30.3 Å². The van der Waals surface area contributed by atoms with Gasteiger partial charge in [-0.05, 0) is 74.8 Å². The summed E-state index contributed by atoms with van der Waals surface area (Å²) in [5, 5.41) is 3.47. The third kappa shape index (κ3) is 4.36.